The van der Waals surface area contributed by atoms with Gasteiger partial charge in [-0.05, 0) is 6.92 Å². The number of carbonyl (C=O) groups is 1. The Labute approximate surface area is 110 Å². The van der Waals surface area contributed by atoms with E-state index in [9.17, 15) is 14.9 Å². The van der Waals surface area contributed by atoms with E-state index in [0.29, 0.717) is 37.7 Å². The average Bonchev–Trinajstić information content (AvgIpc) is 2.64. The maximum atomic E-state index is 11.3. The van der Waals surface area contributed by atoms with Crippen molar-refractivity contribution in [2.75, 3.05) is 31.1 Å². The van der Waals surface area contributed by atoms with Crippen LogP contribution in [0, 0.1) is 17.0 Å². The van der Waals surface area contributed by atoms with Crippen molar-refractivity contribution < 1.29 is 9.72 Å². The minimum atomic E-state index is -0.394. The first-order valence-electron chi connectivity index (χ1n) is 6.10. The molecule has 1 aliphatic rings. The van der Waals surface area contributed by atoms with Crippen molar-refractivity contribution in [3.8, 4) is 0 Å². The fourth-order valence-corrected chi connectivity index (χ4v) is 2.44. The normalized spacial score (nSPS) is 15.7. The number of hydrogen-bond acceptors (Lipinski definition) is 5. The van der Waals surface area contributed by atoms with Gasteiger partial charge in [0.25, 0.3) is 0 Å². The monoisotopic (exact) mass is 267 g/mol. The molecule has 104 valence electrons. The summed E-state index contributed by atoms with van der Waals surface area (Å²) in [4.78, 5) is 25.7. The van der Waals surface area contributed by atoms with Gasteiger partial charge in [-0.2, -0.15) is 5.10 Å². The molecule has 0 bridgehead atoms. The molecular weight excluding hydrogens is 250 g/mol. The number of aromatic nitrogens is 2. The standard InChI is InChI=1S/C11H17N5O3/c1-8-10(16(18)19)11(13(3)12-8)15-6-4-14(5-7-15)9(2)17/h4-7H2,1-3H3. The Kier molecular flexibility index (Phi) is 3.41. The molecule has 1 saturated heterocycles. The first kappa shape index (κ1) is 13.3. The summed E-state index contributed by atoms with van der Waals surface area (Å²) in [5.41, 5.74) is 0.468. The summed E-state index contributed by atoms with van der Waals surface area (Å²) in [5, 5.41) is 15.2. The van der Waals surface area contributed by atoms with Gasteiger partial charge in [-0.3, -0.25) is 14.9 Å². The molecule has 0 unspecified atom stereocenters. The van der Waals surface area contributed by atoms with Gasteiger partial charge in [0.05, 0.1) is 4.92 Å². The average molecular weight is 267 g/mol. The summed E-state index contributed by atoms with van der Waals surface area (Å²) in [5.74, 6) is 0.557. The van der Waals surface area contributed by atoms with E-state index in [1.807, 2.05) is 4.90 Å². The second-order valence-corrected chi connectivity index (χ2v) is 4.63. The highest BCUT2D eigenvalue weighted by Crippen LogP contribution is 2.31. The smallest absolute Gasteiger partial charge is 0.333 e. The second-order valence-electron chi connectivity index (χ2n) is 4.63. The van der Waals surface area contributed by atoms with Gasteiger partial charge in [-0.1, -0.05) is 0 Å². The molecule has 0 spiro atoms. The van der Waals surface area contributed by atoms with Gasteiger partial charge < -0.3 is 9.80 Å². The summed E-state index contributed by atoms with van der Waals surface area (Å²) in [7, 11) is 1.70. The molecule has 1 amide bonds. The lowest BCUT2D eigenvalue weighted by atomic mass is 10.3. The van der Waals surface area contributed by atoms with Crippen molar-refractivity contribution in [3.63, 3.8) is 0 Å². The zero-order valence-corrected chi connectivity index (χ0v) is 11.3. The van der Waals surface area contributed by atoms with Crippen molar-refractivity contribution in [1.29, 1.82) is 0 Å². The fraction of sp³-hybridized carbons (Fsp3) is 0.636. The van der Waals surface area contributed by atoms with Gasteiger partial charge >= 0.3 is 5.69 Å². The van der Waals surface area contributed by atoms with Gasteiger partial charge in [0.15, 0.2) is 0 Å². The van der Waals surface area contributed by atoms with E-state index in [0.717, 1.165) is 0 Å². The molecule has 1 aliphatic heterocycles. The van der Waals surface area contributed by atoms with Crippen molar-refractivity contribution in [3.05, 3.63) is 15.8 Å². The highest BCUT2D eigenvalue weighted by molar-refractivity contribution is 5.73. The van der Waals surface area contributed by atoms with Crippen LogP contribution in [0.1, 0.15) is 12.6 Å². The summed E-state index contributed by atoms with van der Waals surface area (Å²) in [6.45, 7) is 5.49. The third-order valence-electron chi connectivity index (χ3n) is 3.37. The SMILES string of the molecule is CC(=O)N1CCN(c2c([N+](=O)[O-])c(C)nn2C)CC1. The maximum Gasteiger partial charge on any atom is 0.333 e. The van der Waals surface area contributed by atoms with Crippen LogP contribution in [-0.2, 0) is 11.8 Å². The summed E-state index contributed by atoms with van der Waals surface area (Å²) in [6.07, 6.45) is 0. The minimum absolute atomic E-state index is 0.0373. The van der Waals surface area contributed by atoms with E-state index >= 15 is 0 Å². The summed E-state index contributed by atoms with van der Waals surface area (Å²) < 4.78 is 1.54. The number of anilines is 1. The van der Waals surface area contributed by atoms with Crippen molar-refractivity contribution in [1.82, 2.24) is 14.7 Å². The Morgan fingerprint density at radius 3 is 2.37 bits per heavy atom. The third-order valence-corrected chi connectivity index (χ3v) is 3.37. The lowest BCUT2D eigenvalue weighted by Gasteiger charge is -2.34. The quantitative estimate of drug-likeness (QED) is 0.568. The Hall–Kier alpha value is -2.12. The number of rotatable bonds is 2. The van der Waals surface area contributed by atoms with Gasteiger partial charge in [-0.15, -0.1) is 0 Å². The molecule has 19 heavy (non-hydrogen) atoms. The van der Waals surface area contributed by atoms with E-state index < -0.39 is 4.92 Å². The predicted molar refractivity (Wildman–Crippen MR) is 69.1 cm³/mol. The van der Waals surface area contributed by atoms with E-state index in [2.05, 4.69) is 5.10 Å². The van der Waals surface area contributed by atoms with Gasteiger partial charge in [0.2, 0.25) is 11.7 Å². The highest BCUT2D eigenvalue weighted by atomic mass is 16.6. The van der Waals surface area contributed by atoms with Crippen molar-refractivity contribution in [2.45, 2.75) is 13.8 Å². The lowest BCUT2D eigenvalue weighted by Crippen LogP contribution is -2.48. The Morgan fingerprint density at radius 2 is 1.89 bits per heavy atom. The second kappa shape index (κ2) is 4.87. The molecule has 0 atom stereocenters. The molecule has 1 aromatic rings. The molecule has 0 radical (unpaired) electrons. The number of amides is 1. The van der Waals surface area contributed by atoms with Crippen LogP contribution in [0.25, 0.3) is 0 Å². The largest absolute Gasteiger partial charge is 0.348 e. The third kappa shape index (κ3) is 2.38. The van der Waals surface area contributed by atoms with Crippen LogP contribution in [0.3, 0.4) is 0 Å². The predicted octanol–water partition coefficient (Wildman–Crippen LogP) is 0.305. The van der Waals surface area contributed by atoms with Crippen LogP contribution in [0.15, 0.2) is 0 Å². The number of aryl methyl sites for hydroxylation is 2. The number of piperazine rings is 1. The topological polar surface area (TPSA) is 84.5 Å². The van der Waals surface area contributed by atoms with Crippen LogP contribution in [-0.4, -0.2) is 51.7 Å². The van der Waals surface area contributed by atoms with E-state index in [4.69, 9.17) is 0 Å². The van der Waals surface area contributed by atoms with E-state index in [1.54, 1.807) is 18.9 Å². The van der Waals surface area contributed by atoms with Gasteiger partial charge in [0.1, 0.15) is 5.69 Å². The zero-order valence-electron chi connectivity index (χ0n) is 11.3. The first-order valence-corrected chi connectivity index (χ1v) is 6.10. The Morgan fingerprint density at radius 1 is 1.32 bits per heavy atom. The van der Waals surface area contributed by atoms with Crippen LogP contribution in [0.5, 0.6) is 0 Å². The van der Waals surface area contributed by atoms with Crippen molar-refractivity contribution >= 4 is 17.4 Å². The molecular formula is C11H17N5O3. The maximum absolute atomic E-state index is 11.3. The molecule has 0 aliphatic carbocycles. The van der Waals surface area contributed by atoms with E-state index in [-0.39, 0.29) is 11.6 Å². The van der Waals surface area contributed by atoms with E-state index in [1.165, 1.54) is 11.6 Å². The lowest BCUT2D eigenvalue weighted by molar-refractivity contribution is -0.384. The van der Waals surface area contributed by atoms with Gasteiger partial charge in [-0.25, -0.2) is 4.68 Å². The summed E-state index contributed by atoms with van der Waals surface area (Å²) >= 11 is 0. The number of hydrogen-bond donors (Lipinski definition) is 0. The number of nitro groups is 1. The summed E-state index contributed by atoms with van der Waals surface area (Å²) in [6, 6.07) is 0. The molecule has 0 aromatic carbocycles. The van der Waals surface area contributed by atoms with Crippen LogP contribution < -0.4 is 4.90 Å². The fourth-order valence-electron chi connectivity index (χ4n) is 2.44. The van der Waals surface area contributed by atoms with Crippen LogP contribution in [0.4, 0.5) is 11.5 Å². The number of nitrogens with zero attached hydrogens (tertiary/aromatic N) is 5. The van der Waals surface area contributed by atoms with Gasteiger partial charge in [0, 0.05) is 40.2 Å². The molecule has 0 N–H and O–H groups in total. The molecule has 8 nitrogen and oxygen atoms in total. The Bertz CT molecular complexity index is 517. The number of carbonyl (C=O) groups excluding carboxylic acids is 1. The molecule has 0 saturated carbocycles. The molecule has 2 rings (SSSR count). The highest BCUT2D eigenvalue weighted by Gasteiger charge is 2.30. The molecule has 1 aromatic heterocycles. The molecule has 1 fully saturated rings. The van der Waals surface area contributed by atoms with Crippen molar-refractivity contribution in [2.24, 2.45) is 7.05 Å². The molecule has 2 heterocycles. The zero-order chi connectivity index (χ0) is 14.2. The Balaban J connectivity index is 2.24. The first-order chi connectivity index (χ1) is 8.91. The van der Waals surface area contributed by atoms with Crippen LogP contribution >= 0.6 is 0 Å². The minimum Gasteiger partial charge on any atom is -0.348 e. The van der Waals surface area contributed by atoms with Crippen LogP contribution in [0.2, 0.25) is 0 Å². The molecule has 8 heteroatoms.